The summed E-state index contributed by atoms with van der Waals surface area (Å²) in [6.45, 7) is 1.24. The van der Waals surface area contributed by atoms with Crippen LogP contribution in [0.25, 0.3) is 17.0 Å². The van der Waals surface area contributed by atoms with E-state index in [1.807, 2.05) is 6.07 Å². The Kier molecular flexibility index (Phi) is 6.85. The van der Waals surface area contributed by atoms with Gasteiger partial charge in [-0.05, 0) is 43.5 Å². The molecule has 1 saturated heterocycles. The molecule has 0 spiro atoms. The van der Waals surface area contributed by atoms with Crippen molar-refractivity contribution in [1.29, 1.82) is 0 Å². The van der Waals surface area contributed by atoms with Crippen molar-refractivity contribution in [3.63, 3.8) is 0 Å². The molecule has 0 bridgehead atoms. The van der Waals surface area contributed by atoms with Gasteiger partial charge in [0.1, 0.15) is 5.70 Å². The van der Waals surface area contributed by atoms with E-state index in [2.05, 4.69) is 5.32 Å². The molecule has 1 aromatic heterocycles. The molecule has 1 fully saturated rings. The second-order valence-corrected chi connectivity index (χ2v) is 10.4. The van der Waals surface area contributed by atoms with Gasteiger partial charge in [-0.2, -0.15) is 12.7 Å². The first-order chi connectivity index (χ1) is 16.3. The van der Waals surface area contributed by atoms with Crippen LogP contribution in [0, 0.1) is 0 Å². The monoisotopic (exact) mass is 480 g/mol. The maximum Gasteiger partial charge on any atom is 0.307 e. The molecule has 178 valence electrons. The molecule has 8 nitrogen and oxygen atoms in total. The van der Waals surface area contributed by atoms with Crippen LogP contribution in [0.3, 0.4) is 0 Å². The number of hydrogen-bond donors (Lipinski definition) is 1. The van der Waals surface area contributed by atoms with Crippen LogP contribution in [0.5, 0.6) is 0 Å². The number of piperidine rings is 1. The molecule has 0 unspecified atom stereocenters. The van der Waals surface area contributed by atoms with E-state index >= 15 is 0 Å². The Morgan fingerprint density at radius 3 is 2.26 bits per heavy atom. The summed E-state index contributed by atoms with van der Waals surface area (Å²) in [5, 5.41) is 3.43. The number of rotatable bonds is 6. The first-order valence-corrected chi connectivity index (χ1v) is 12.6. The Bertz CT molecular complexity index is 1340. The molecule has 0 atom stereocenters. The molecule has 0 saturated carbocycles. The minimum absolute atomic E-state index is 0.112. The molecule has 34 heavy (non-hydrogen) atoms. The molecule has 4 rings (SSSR count). The first-order valence-electron chi connectivity index (χ1n) is 11.2. The van der Waals surface area contributed by atoms with E-state index in [-0.39, 0.29) is 11.6 Å². The number of hydrogen-bond acceptors (Lipinski definition) is 4. The summed E-state index contributed by atoms with van der Waals surface area (Å²) in [6.07, 6.45) is 5.94. The SMILES string of the molecule is CN(C)S(=O)(=O)n1cc(C=C(NC(=O)c2ccccc2)C(=O)N2CCCCC2)c2ccccc21. The molecule has 3 aromatic rings. The van der Waals surface area contributed by atoms with E-state index < -0.39 is 16.1 Å². The highest BCUT2D eigenvalue weighted by molar-refractivity contribution is 7.87. The zero-order valence-corrected chi connectivity index (χ0v) is 20.1. The van der Waals surface area contributed by atoms with Crippen molar-refractivity contribution < 1.29 is 18.0 Å². The second-order valence-electron chi connectivity index (χ2n) is 8.42. The van der Waals surface area contributed by atoms with Gasteiger partial charge in [0.15, 0.2) is 0 Å². The minimum Gasteiger partial charge on any atom is -0.337 e. The minimum atomic E-state index is -3.79. The fraction of sp³-hybridized carbons (Fsp3) is 0.280. The van der Waals surface area contributed by atoms with Gasteiger partial charge in [-0.1, -0.05) is 36.4 Å². The standard InChI is InChI=1S/C25H28N4O4S/c1-27(2)34(32,33)29-18-20(21-13-7-8-14-23(21)29)17-22(25(31)28-15-9-4-10-16-28)26-24(30)19-11-5-3-6-12-19/h3,5-8,11-14,17-18H,4,9-10,15-16H2,1-2H3,(H,26,30). The molecule has 1 N–H and O–H groups in total. The van der Waals surface area contributed by atoms with Crippen LogP contribution in [0.15, 0.2) is 66.5 Å². The third kappa shape index (κ3) is 4.76. The van der Waals surface area contributed by atoms with Gasteiger partial charge in [0, 0.05) is 49.9 Å². The highest BCUT2D eigenvalue weighted by Crippen LogP contribution is 2.26. The number of amides is 2. The molecule has 9 heteroatoms. The summed E-state index contributed by atoms with van der Waals surface area (Å²) in [5.41, 5.74) is 1.55. The predicted molar refractivity (Wildman–Crippen MR) is 132 cm³/mol. The zero-order valence-electron chi connectivity index (χ0n) is 19.3. The lowest BCUT2D eigenvalue weighted by Crippen LogP contribution is -2.41. The van der Waals surface area contributed by atoms with Crippen LogP contribution >= 0.6 is 0 Å². The molecule has 1 aliphatic heterocycles. The lowest BCUT2D eigenvalue weighted by atomic mass is 10.1. The summed E-state index contributed by atoms with van der Waals surface area (Å²) in [7, 11) is -0.861. The number of carbonyl (C=O) groups excluding carboxylic acids is 2. The number of nitrogens with zero attached hydrogens (tertiary/aromatic N) is 3. The van der Waals surface area contributed by atoms with E-state index in [0.717, 1.165) is 23.6 Å². The maximum atomic E-state index is 13.4. The Morgan fingerprint density at radius 2 is 1.59 bits per heavy atom. The number of nitrogens with one attached hydrogen (secondary N) is 1. The molecule has 2 heterocycles. The van der Waals surface area contributed by atoms with E-state index in [1.165, 1.54) is 24.3 Å². The van der Waals surface area contributed by atoms with E-state index in [4.69, 9.17) is 0 Å². The summed E-state index contributed by atoms with van der Waals surface area (Å²) in [5.74, 6) is -0.682. The van der Waals surface area contributed by atoms with Gasteiger partial charge >= 0.3 is 10.2 Å². The molecule has 0 radical (unpaired) electrons. The first kappa shape index (κ1) is 23.7. The topological polar surface area (TPSA) is 91.7 Å². The van der Waals surface area contributed by atoms with Gasteiger partial charge in [0.05, 0.1) is 5.52 Å². The van der Waals surface area contributed by atoms with Crippen molar-refractivity contribution in [1.82, 2.24) is 18.5 Å². The highest BCUT2D eigenvalue weighted by Gasteiger charge is 2.25. The van der Waals surface area contributed by atoms with Gasteiger partial charge in [0.2, 0.25) is 0 Å². The second kappa shape index (κ2) is 9.82. The van der Waals surface area contributed by atoms with E-state index in [1.54, 1.807) is 59.5 Å². The van der Waals surface area contributed by atoms with Gasteiger partial charge in [0.25, 0.3) is 11.8 Å². The fourth-order valence-corrected chi connectivity index (χ4v) is 5.02. The quantitative estimate of drug-likeness (QED) is 0.549. The van der Waals surface area contributed by atoms with Crippen LogP contribution < -0.4 is 5.32 Å². The Balaban J connectivity index is 1.81. The van der Waals surface area contributed by atoms with Gasteiger partial charge in [-0.15, -0.1) is 0 Å². The Hall–Kier alpha value is -3.43. The highest BCUT2D eigenvalue weighted by atomic mass is 32.2. The van der Waals surface area contributed by atoms with Crippen molar-refractivity contribution in [3.8, 4) is 0 Å². The van der Waals surface area contributed by atoms with Crippen molar-refractivity contribution in [2.75, 3.05) is 27.2 Å². The summed E-state index contributed by atoms with van der Waals surface area (Å²) in [6, 6.07) is 15.7. The Labute approximate surface area is 199 Å². The average Bonchev–Trinajstić information content (AvgIpc) is 3.23. The smallest absolute Gasteiger partial charge is 0.307 e. The van der Waals surface area contributed by atoms with E-state index in [9.17, 15) is 18.0 Å². The number of fused-ring (bicyclic) bond motifs is 1. The predicted octanol–water partition coefficient (Wildman–Crippen LogP) is 3.08. The third-order valence-electron chi connectivity index (χ3n) is 5.88. The number of likely N-dealkylation sites (tertiary alicyclic amines) is 1. The number of para-hydroxylation sites is 1. The molecule has 2 aromatic carbocycles. The lowest BCUT2D eigenvalue weighted by Gasteiger charge is -2.27. The normalized spacial score (nSPS) is 15.0. The van der Waals surface area contributed by atoms with Crippen LogP contribution in [0.2, 0.25) is 0 Å². The van der Waals surface area contributed by atoms with Crippen LogP contribution in [-0.4, -0.2) is 60.6 Å². The number of aromatic nitrogens is 1. The van der Waals surface area contributed by atoms with Gasteiger partial charge < -0.3 is 10.2 Å². The largest absolute Gasteiger partial charge is 0.337 e. The molecular weight excluding hydrogens is 452 g/mol. The number of carbonyl (C=O) groups is 2. The molecule has 2 amide bonds. The number of benzene rings is 2. The Morgan fingerprint density at radius 1 is 0.941 bits per heavy atom. The third-order valence-corrected chi connectivity index (χ3v) is 7.60. The summed E-state index contributed by atoms with van der Waals surface area (Å²) in [4.78, 5) is 28.1. The lowest BCUT2D eigenvalue weighted by molar-refractivity contribution is -0.128. The fourth-order valence-electron chi connectivity index (χ4n) is 4.02. The summed E-state index contributed by atoms with van der Waals surface area (Å²) >= 11 is 0. The van der Waals surface area contributed by atoms with Crippen molar-refractivity contribution in [2.24, 2.45) is 0 Å². The van der Waals surface area contributed by atoms with Crippen molar-refractivity contribution in [2.45, 2.75) is 19.3 Å². The molecular formula is C25H28N4O4S. The molecule has 0 aliphatic carbocycles. The molecule has 1 aliphatic rings. The van der Waals surface area contributed by atoms with E-state index in [0.29, 0.717) is 35.1 Å². The van der Waals surface area contributed by atoms with Crippen LogP contribution in [0.1, 0.15) is 35.2 Å². The van der Waals surface area contributed by atoms with Crippen molar-refractivity contribution in [3.05, 3.63) is 77.6 Å². The maximum absolute atomic E-state index is 13.4. The van der Waals surface area contributed by atoms with Crippen LogP contribution in [-0.2, 0) is 15.0 Å². The zero-order chi connectivity index (χ0) is 24.3. The van der Waals surface area contributed by atoms with Crippen LogP contribution in [0.4, 0.5) is 0 Å². The van der Waals surface area contributed by atoms with Gasteiger partial charge in [-0.25, -0.2) is 3.97 Å². The van der Waals surface area contributed by atoms with Gasteiger partial charge in [-0.3, -0.25) is 9.59 Å². The summed E-state index contributed by atoms with van der Waals surface area (Å²) < 4.78 is 28.1. The average molecular weight is 481 g/mol. The van der Waals surface area contributed by atoms with Crippen molar-refractivity contribution >= 4 is 39.0 Å².